The lowest BCUT2D eigenvalue weighted by Crippen LogP contribution is -2.35. The molecule has 0 aliphatic carbocycles. The first-order chi connectivity index (χ1) is 9.46. The molecule has 0 radical (unpaired) electrons. The van der Waals surface area contributed by atoms with Crippen molar-refractivity contribution in [2.45, 2.75) is 43.5 Å². The molecule has 1 aromatic rings. The van der Waals surface area contributed by atoms with Gasteiger partial charge in [0.05, 0.1) is 4.90 Å². The Hall–Kier alpha value is -1.11. The number of aliphatic hydroxyl groups is 1. The van der Waals surface area contributed by atoms with E-state index in [-0.39, 0.29) is 12.6 Å². The highest BCUT2D eigenvalue weighted by Crippen LogP contribution is 2.29. The second-order valence-electron chi connectivity index (χ2n) is 5.30. The van der Waals surface area contributed by atoms with Crippen LogP contribution in [0.25, 0.3) is 0 Å². The zero-order valence-electron chi connectivity index (χ0n) is 11.7. The van der Waals surface area contributed by atoms with Crippen molar-refractivity contribution in [1.29, 1.82) is 0 Å². The zero-order chi connectivity index (χ0) is 14.8. The van der Waals surface area contributed by atoms with Gasteiger partial charge in [0.1, 0.15) is 0 Å². The topological polar surface area (TPSA) is 83.6 Å². The largest absolute Gasteiger partial charge is 0.399 e. The maximum Gasteiger partial charge on any atom is 0.243 e. The maximum atomic E-state index is 12.7. The van der Waals surface area contributed by atoms with E-state index in [9.17, 15) is 8.42 Å². The van der Waals surface area contributed by atoms with Crippen LogP contribution in [0.3, 0.4) is 0 Å². The molecule has 1 atom stereocenters. The molecular weight excluding hydrogens is 276 g/mol. The highest BCUT2D eigenvalue weighted by Gasteiger charge is 2.34. The monoisotopic (exact) mass is 298 g/mol. The summed E-state index contributed by atoms with van der Waals surface area (Å²) in [5.74, 6) is 0. The number of sulfonamides is 1. The van der Waals surface area contributed by atoms with Crippen LogP contribution in [0.1, 0.15) is 31.2 Å². The van der Waals surface area contributed by atoms with Crippen molar-refractivity contribution in [2.75, 3.05) is 18.9 Å². The molecule has 5 nitrogen and oxygen atoms in total. The van der Waals surface area contributed by atoms with Crippen LogP contribution in [0.4, 0.5) is 5.69 Å². The fourth-order valence-corrected chi connectivity index (χ4v) is 4.49. The number of benzene rings is 1. The summed E-state index contributed by atoms with van der Waals surface area (Å²) in [6.07, 6.45) is 3.09. The number of aryl methyl sites for hydroxylation is 1. The first-order valence-corrected chi connectivity index (χ1v) is 8.39. The van der Waals surface area contributed by atoms with Gasteiger partial charge in [0.15, 0.2) is 0 Å². The number of nitrogens with zero attached hydrogens (tertiary/aromatic N) is 1. The minimum atomic E-state index is -3.46. The molecule has 1 fully saturated rings. The first kappa shape index (κ1) is 15.3. The van der Waals surface area contributed by atoms with Gasteiger partial charge in [0, 0.05) is 24.9 Å². The zero-order valence-corrected chi connectivity index (χ0v) is 12.6. The fourth-order valence-electron chi connectivity index (χ4n) is 2.69. The molecular formula is C14H22N2O3S. The maximum absolute atomic E-state index is 12.7. The number of aliphatic hydroxyl groups excluding tert-OH is 1. The normalized spacial score (nSPS) is 20.4. The van der Waals surface area contributed by atoms with Crippen LogP contribution < -0.4 is 5.73 Å². The molecule has 1 unspecified atom stereocenters. The second-order valence-corrected chi connectivity index (χ2v) is 7.19. The van der Waals surface area contributed by atoms with Gasteiger partial charge in [0.25, 0.3) is 0 Å². The quantitative estimate of drug-likeness (QED) is 0.807. The van der Waals surface area contributed by atoms with E-state index >= 15 is 0 Å². The number of nitrogen functional groups attached to an aromatic ring is 1. The van der Waals surface area contributed by atoms with Gasteiger partial charge in [0.2, 0.25) is 10.0 Å². The van der Waals surface area contributed by atoms with E-state index in [2.05, 4.69) is 0 Å². The number of hydrogen-bond donors (Lipinski definition) is 2. The van der Waals surface area contributed by atoms with Crippen LogP contribution >= 0.6 is 0 Å². The molecule has 0 aromatic heterocycles. The molecule has 1 aliphatic heterocycles. The second kappa shape index (κ2) is 6.11. The SMILES string of the molecule is Cc1cc(S(=O)(=O)N2CCCC2CCCO)ccc1N. The van der Waals surface area contributed by atoms with E-state index in [1.165, 1.54) is 0 Å². The van der Waals surface area contributed by atoms with E-state index in [1.54, 1.807) is 22.5 Å². The smallest absolute Gasteiger partial charge is 0.243 e. The molecule has 1 saturated heterocycles. The lowest BCUT2D eigenvalue weighted by Gasteiger charge is -2.24. The number of nitrogens with two attached hydrogens (primary N) is 1. The van der Waals surface area contributed by atoms with Crippen LogP contribution in [0, 0.1) is 6.92 Å². The van der Waals surface area contributed by atoms with Gasteiger partial charge in [-0.3, -0.25) is 0 Å². The van der Waals surface area contributed by atoms with Gasteiger partial charge in [-0.1, -0.05) is 0 Å². The molecule has 112 valence electrons. The molecule has 0 saturated carbocycles. The van der Waals surface area contributed by atoms with Gasteiger partial charge in [-0.15, -0.1) is 0 Å². The summed E-state index contributed by atoms with van der Waals surface area (Å²) in [5, 5.41) is 8.92. The third-order valence-electron chi connectivity index (χ3n) is 3.87. The van der Waals surface area contributed by atoms with E-state index in [4.69, 9.17) is 10.8 Å². The predicted molar refractivity (Wildman–Crippen MR) is 78.8 cm³/mol. The summed E-state index contributed by atoms with van der Waals surface area (Å²) in [6.45, 7) is 2.47. The first-order valence-electron chi connectivity index (χ1n) is 6.95. The van der Waals surface area contributed by atoms with Crippen molar-refractivity contribution < 1.29 is 13.5 Å². The molecule has 1 aliphatic rings. The summed E-state index contributed by atoms with van der Waals surface area (Å²) in [7, 11) is -3.46. The van der Waals surface area contributed by atoms with Crippen molar-refractivity contribution in [3.8, 4) is 0 Å². The average Bonchev–Trinajstić information content (AvgIpc) is 2.88. The third-order valence-corrected chi connectivity index (χ3v) is 5.81. The van der Waals surface area contributed by atoms with E-state index in [0.717, 1.165) is 18.4 Å². The van der Waals surface area contributed by atoms with Gasteiger partial charge in [-0.2, -0.15) is 4.31 Å². The van der Waals surface area contributed by atoms with Crippen molar-refractivity contribution in [3.63, 3.8) is 0 Å². The minimum Gasteiger partial charge on any atom is -0.399 e. The van der Waals surface area contributed by atoms with E-state index in [0.29, 0.717) is 30.0 Å². The van der Waals surface area contributed by atoms with Gasteiger partial charge in [-0.25, -0.2) is 8.42 Å². The molecule has 2 rings (SSSR count). The fraction of sp³-hybridized carbons (Fsp3) is 0.571. The predicted octanol–water partition coefficient (Wildman–Crippen LogP) is 1.50. The van der Waals surface area contributed by atoms with Crippen LogP contribution in [0.15, 0.2) is 23.1 Å². The number of anilines is 1. The van der Waals surface area contributed by atoms with Crippen LogP contribution in [-0.2, 0) is 10.0 Å². The van der Waals surface area contributed by atoms with Crippen LogP contribution in [-0.4, -0.2) is 37.0 Å². The van der Waals surface area contributed by atoms with Crippen molar-refractivity contribution in [2.24, 2.45) is 0 Å². The Morgan fingerprint density at radius 1 is 1.45 bits per heavy atom. The van der Waals surface area contributed by atoms with Crippen LogP contribution in [0.5, 0.6) is 0 Å². The molecule has 6 heteroatoms. The Balaban J connectivity index is 2.26. The van der Waals surface area contributed by atoms with Crippen molar-refractivity contribution in [1.82, 2.24) is 4.31 Å². The molecule has 0 bridgehead atoms. The van der Waals surface area contributed by atoms with Gasteiger partial charge in [-0.05, 0) is 56.4 Å². The lowest BCUT2D eigenvalue weighted by atomic mass is 10.1. The molecule has 1 aromatic carbocycles. The molecule has 0 amide bonds. The molecule has 3 N–H and O–H groups in total. The summed E-state index contributed by atoms with van der Waals surface area (Å²) >= 11 is 0. The average molecular weight is 298 g/mol. The Bertz CT molecular complexity index is 572. The molecule has 1 heterocycles. The highest BCUT2D eigenvalue weighted by atomic mass is 32.2. The summed E-state index contributed by atoms with van der Waals surface area (Å²) < 4.78 is 27.0. The van der Waals surface area contributed by atoms with Gasteiger partial charge < -0.3 is 10.8 Å². The third kappa shape index (κ3) is 2.97. The lowest BCUT2D eigenvalue weighted by molar-refractivity contribution is 0.264. The van der Waals surface area contributed by atoms with Crippen LogP contribution in [0.2, 0.25) is 0 Å². The minimum absolute atomic E-state index is 0.00464. The van der Waals surface area contributed by atoms with E-state index < -0.39 is 10.0 Å². The molecule has 0 spiro atoms. The molecule has 20 heavy (non-hydrogen) atoms. The Morgan fingerprint density at radius 2 is 2.20 bits per heavy atom. The highest BCUT2D eigenvalue weighted by molar-refractivity contribution is 7.89. The number of rotatable bonds is 5. The Labute approximate surface area is 120 Å². The Morgan fingerprint density at radius 3 is 2.85 bits per heavy atom. The number of hydrogen-bond acceptors (Lipinski definition) is 4. The van der Waals surface area contributed by atoms with Crippen molar-refractivity contribution in [3.05, 3.63) is 23.8 Å². The summed E-state index contributed by atoms with van der Waals surface area (Å²) in [6, 6.07) is 4.84. The van der Waals surface area contributed by atoms with E-state index in [1.807, 2.05) is 6.92 Å². The summed E-state index contributed by atoms with van der Waals surface area (Å²) in [5.41, 5.74) is 7.12. The standard InChI is InChI=1S/C14H22N2O3S/c1-11-10-13(6-7-14(11)15)20(18,19)16-8-2-4-12(16)5-3-9-17/h6-7,10,12,17H,2-5,8-9,15H2,1H3. The summed E-state index contributed by atoms with van der Waals surface area (Å²) in [4.78, 5) is 0.306. The Kier molecular flexibility index (Phi) is 4.67. The van der Waals surface area contributed by atoms with Gasteiger partial charge >= 0.3 is 0 Å². The van der Waals surface area contributed by atoms with Crippen molar-refractivity contribution >= 4 is 15.7 Å².